The summed E-state index contributed by atoms with van der Waals surface area (Å²) in [5.74, 6) is 1.20. The Bertz CT molecular complexity index is 1580. The fraction of sp³-hybridized carbons (Fsp3) is 0.394. The molecule has 3 heterocycles. The van der Waals surface area contributed by atoms with E-state index in [2.05, 4.69) is 27.0 Å². The van der Waals surface area contributed by atoms with Crippen molar-refractivity contribution in [3.8, 4) is 5.75 Å². The van der Waals surface area contributed by atoms with E-state index in [1.807, 2.05) is 46.3 Å². The van der Waals surface area contributed by atoms with Crippen LogP contribution in [0.2, 0.25) is 10.0 Å². The summed E-state index contributed by atoms with van der Waals surface area (Å²) in [7, 11) is 0. The van der Waals surface area contributed by atoms with Crippen molar-refractivity contribution in [1.29, 1.82) is 0 Å². The molecule has 1 aliphatic carbocycles. The Labute approximate surface area is 275 Å². The van der Waals surface area contributed by atoms with Gasteiger partial charge in [-0.15, -0.1) is 4.99 Å². The number of nitrogens with zero attached hydrogens (tertiary/aromatic N) is 4. The molecule has 2 saturated heterocycles. The van der Waals surface area contributed by atoms with Crippen molar-refractivity contribution in [2.24, 2.45) is 22.6 Å². The number of halogens is 3. The van der Waals surface area contributed by atoms with Gasteiger partial charge >= 0.3 is 12.1 Å². The highest BCUT2D eigenvalue weighted by Crippen LogP contribution is 2.46. The van der Waals surface area contributed by atoms with E-state index in [9.17, 15) is 9.59 Å². The van der Waals surface area contributed by atoms with Crippen molar-refractivity contribution in [3.63, 3.8) is 0 Å². The quantitative estimate of drug-likeness (QED) is 0.237. The van der Waals surface area contributed by atoms with Crippen molar-refractivity contribution >= 4 is 57.1 Å². The number of ether oxygens (including phenoxy) is 1. The number of urea groups is 1. The maximum absolute atomic E-state index is 13.5. The zero-order chi connectivity index (χ0) is 30.8. The van der Waals surface area contributed by atoms with Crippen LogP contribution in [0.1, 0.15) is 54.0 Å². The van der Waals surface area contributed by atoms with Crippen LogP contribution in [0.3, 0.4) is 0 Å². The predicted molar refractivity (Wildman–Crippen MR) is 175 cm³/mol. The number of hydrogen-bond donors (Lipinski definition) is 1. The topological polar surface area (TPSA) is 101 Å². The number of benzene rings is 2. The minimum atomic E-state index is -0.815. The van der Waals surface area contributed by atoms with Crippen molar-refractivity contribution in [1.82, 2.24) is 14.8 Å². The number of amides is 3. The fourth-order valence-corrected chi connectivity index (χ4v) is 7.94. The van der Waals surface area contributed by atoms with Crippen LogP contribution in [0.4, 0.5) is 4.79 Å². The molecule has 0 saturated carbocycles. The van der Waals surface area contributed by atoms with Gasteiger partial charge in [-0.25, -0.2) is 4.79 Å². The highest BCUT2D eigenvalue weighted by atomic mass is 79.9. The van der Waals surface area contributed by atoms with Crippen molar-refractivity contribution in [2.75, 3.05) is 26.2 Å². The van der Waals surface area contributed by atoms with Gasteiger partial charge in [0.1, 0.15) is 5.75 Å². The number of para-hydroxylation sites is 1. The van der Waals surface area contributed by atoms with E-state index in [1.165, 1.54) is 11.1 Å². The molecule has 230 valence electrons. The molecule has 0 radical (unpaired) electrons. The molecule has 44 heavy (non-hydrogen) atoms. The molecular formula is C33H34BrCl2N5O3. The molecule has 0 spiro atoms. The molecule has 2 aromatic carbocycles. The third-order valence-electron chi connectivity index (χ3n) is 8.96. The van der Waals surface area contributed by atoms with E-state index < -0.39 is 6.03 Å². The molecule has 11 heteroatoms. The summed E-state index contributed by atoms with van der Waals surface area (Å²) in [4.78, 5) is 37.8. The summed E-state index contributed by atoms with van der Waals surface area (Å²) in [6, 6.07) is 14.6. The van der Waals surface area contributed by atoms with E-state index in [1.54, 1.807) is 12.1 Å². The van der Waals surface area contributed by atoms with Gasteiger partial charge in [0.05, 0.1) is 5.69 Å². The van der Waals surface area contributed by atoms with Gasteiger partial charge in [0.15, 0.2) is 0 Å². The number of likely N-dealkylation sites (tertiary alicyclic amines) is 2. The third-order valence-corrected chi connectivity index (χ3v) is 9.92. The molecule has 3 aliphatic rings. The van der Waals surface area contributed by atoms with Gasteiger partial charge in [0.2, 0.25) is 5.91 Å². The Kier molecular flexibility index (Phi) is 9.45. The number of amidine groups is 1. The van der Waals surface area contributed by atoms with Crippen LogP contribution in [0, 0.1) is 11.8 Å². The Balaban J connectivity index is 1.11. The number of fused-ring (bicyclic) bond motifs is 2. The first-order valence-electron chi connectivity index (χ1n) is 15.0. The standard InChI is InChI=1S/C33H34BrCl2N5O3/c34-24-15-23-7-6-22-16-25(35)17-27(36)29(22)30(31(23)38-18-24)21-9-12-40(13-10-21)28(42)14-20-8-11-41(19-20)33(39-32(37)43)44-26-4-2-1-3-5-26/h1-5,15-18,20-21,30H,6-14,19H2,(H2,37,43)/b39-33+. The lowest BCUT2D eigenvalue weighted by atomic mass is 9.76. The smallest absolute Gasteiger partial charge is 0.342 e. The van der Waals surface area contributed by atoms with E-state index in [0.29, 0.717) is 54.3 Å². The average molecular weight is 699 g/mol. The van der Waals surface area contributed by atoms with Gasteiger partial charge in [-0.05, 0) is 107 Å². The Morgan fingerprint density at radius 2 is 1.73 bits per heavy atom. The molecule has 2 unspecified atom stereocenters. The second-order valence-electron chi connectivity index (χ2n) is 11.8. The normalized spacial score (nSPS) is 20.6. The first-order valence-corrected chi connectivity index (χ1v) is 16.6. The molecule has 3 aromatic rings. The first-order chi connectivity index (χ1) is 21.2. The number of rotatable bonds is 4. The fourth-order valence-electron chi connectivity index (χ4n) is 6.91. The van der Waals surface area contributed by atoms with Gasteiger partial charge in [-0.3, -0.25) is 9.78 Å². The zero-order valence-corrected chi connectivity index (χ0v) is 27.3. The molecule has 2 atom stereocenters. The van der Waals surface area contributed by atoms with Crippen molar-refractivity contribution in [2.45, 2.75) is 44.4 Å². The number of aliphatic imine (C=N–C) groups is 1. The van der Waals surface area contributed by atoms with Crippen LogP contribution < -0.4 is 10.5 Å². The maximum Gasteiger partial charge on any atom is 0.342 e. The average Bonchev–Trinajstić information content (AvgIpc) is 3.40. The second-order valence-corrected chi connectivity index (χ2v) is 13.6. The molecule has 2 N–H and O–H groups in total. The summed E-state index contributed by atoms with van der Waals surface area (Å²) in [5, 5.41) is 1.34. The maximum atomic E-state index is 13.5. The van der Waals surface area contributed by atoms with Crippen LogP contribution in [-0.2, 0) is 17.6 Å². The van der Waals surface area contributed by atoms with Crippen LogP contribution in [-0.4, -0.2) is 58.9 Å². The number of hydrogen-bond acceptors (Lipinski definition) is 4. The number of carbonyl (C=O) groups excluding carboxylic acids is 2. The Morgan fingerprint density at radius 1 is 1.00 bits per heavy atom. The van der Waals surface area contributed by atoms with Crippen LogP contribution in [0.25, 0.3) is 0 Å². The van der Waals surface area contributed by atoms with Crippen molar-refractivity contribution in [3.05, 3.63) is 91.6 Å². The Hall–Kier alpha value is -3.14. The lowest BCUT2D eigenvalue weighted by molar-refractivity contribution is -0.133. The van der Waals surface area contributed by atoms with Crippen LogP contribution >= 0.6 is 39.1 Å². The number of primary amides is 1. The Morgan fingerprint density at radius 3 is 2.48 bits per heavy atom. The molecule has 3 amide bonds. The number of piperidine rings is 1. The summed E-state index contributed by atoms with van der Waals surface area (Å²) in [5.41, 5.74) is 9.99. The lowest BCUT2D eigenvalue weighted by Crippen LogP contribution is -2.41. The minimum absolute atomic E-state index is 0.0496. The number of aryl methyl sites for hydroxylation is 2. The number of nitrogens with two attached hydrogens (primary N) is 1. The highest BCUT2D eigenvalue weighted by Gasteiger charge is 2.37. The monoisotopic (exact) mass is 697 g/mol. The lowest BCUT2D eigenvalue weighted by Gasteiger charge is -2.37. The molecular weight excluding hydrogens is 665 g/mol. The first kappa shape index (κ1) is 30.9. The molecule has 0 bridgehead atoms. The summed E-state index contributed by atoms with van der Waals surface area (Å²) >= 11 is 16.9. The zero-order valence-electron chi connectivity index (χ0n) is 24.2. The van der Waals surface area contributed by atoms with E-state index >= 15 is 0 Å². The van der Waals surface area contributed by atoms with Gasteiger partial charge in [0.25, 0.3) is 0 Å². The number of pyridine rings is 1. The highest BCUT2D eigenvalue weighted by molar-refractivity contribution is 9.10. The van der Waals surface area contributed by atoms with Crippen LogP contribution in [0.5, 0.6) is 5.75 Å². The van der Waals surface area contributed by atoms with E-state index in [-0.39, 0.29) is 23.8 Å². The predicted octanol–water partition coefficient (Wildman–Crippen LogP) is 6.85. The SMILES string of the molecule is NC(=O)/N=C(/Oc1ccccc1)N1CCC(CC(=O)N2CCC(C3c4ncc(Br)cc4CCc4cc(Cl)cc(Cl)c43)CC2)C1. The molecule has 1 aromatic heterocycles. The molecule has 6 rings (SSSR count). The van der Waals surface area contributed by atoms with Gasteiger partial charge in [0, 0.05) is 59.2 Å². The van der Waals surface area contributed by atoms with E-state index in [0.717, 1.165) is 47.8 Å². The molecule has 2 fully saturated rings. The van der Waals surface area contributed by atoms with E-state index in [4.69, 9.17) is 38.7 Å². The second kappa shape index (κ2) is 13.5. The molecule has 8 nitrogen and oxygen atoms in total. The third kappa shape index (κ3) is 6.90. The largest absolute Gasteiger partial charge is 0.426 e. The van der Waals surface area contributed by atoms with Gasteiger partial charge in [-0.1, -0.05) is 41.4 Å². The summed E-state index contributed by atoms with van der Waals surface area (Å²) in [6.07, 6.45) is 6.57. The molecule has 2 aliphatic heterocycles. The number of aromatic nitrogens is 1. The number of carbonyl (C=O) groups is 2. The van der Waals surface area contributed by atoms with Gasteiger partial charge in [-0.2, -0.15) is 0 Å². The summed E-state index contributed by atoms with van der Waals surface area (Å²) < 4.78 is 6.85. The van der Waals surface area contributed by atoms with Gasteiger partial charge < -0.3 is 20.3 Å². The minimum Gasteiger partial charge on any atom is -0.426 e. The van der Waals surface area contributed by atoms with Crippen molar-refractivity contribution < 1.29 is 14.3 Å². The van der Waals surface area contributed by atoms with Crippen LogP contribution in [0.15, 0.2) is 64.2 Å². The summed E-state index contributed by atoms with van der Waals surface area (Å²) in [6.45, 7) is 2.58.